The second-order valence-electron chi connectivity index (χ2n) is 5.69. The first-order valence-corrected chi connectivity index (χ1v) is 6.03. The van der Waals surface area contributed by atoms with Gasteiger partial charge < -0.3 is 10.00 Å². The molecule has 1 saturated carbocycles. The molecule has 3 rings (SSSR count). The van der Waals surface area contributed by atoms with Gasteiger partial charge in [-0.1, -0.05) is 6.92 Å². The lowest BCUT2D eigenvalue weighted by Gasteiger charge is -2.19. The van der Waals surface area contributed by atoms with Crippen LogP contribution in [0.2, 0.25) is 0 Å². The Morgan fingerprint density at radius 1 is 1.53 bits per heavy atom. The topological polar surface area (TPSA) is 69.0 Å². The zero-order valence-corrected chi connectivity index (χ0v) is 10.2. The Bertz CT molecular complexity index is 530. The first-order chi connectivity index (χ1) is 7.99. The van der Waals surface area contributed by atoms with Crippen molar-refractivity contribution in [1.29, 1.82) is 0 Å². The fourth-order valence-electron chi connectivity index (χ4n) is 2.89. The number of likely N-dealkylation sites (tertiary alicyclic amines) is 1. The minimum Gasteiger partial charge on any atom is -0.342 e. The van der Waals surface area contributed by atoms with Crippen LogP contribution in [-0.4, -0.2) is 34.1 Å². The number of aromatic nitrogens is 2. The van der Waals surface area contributed by atoms with Gasteiger partial charge in [-0.3, -0.25) is 14.7 Å². The first kappa shape index (κ1) is 10.6. The van der Waals surface area contributed by atoms with Gasteiger partial charge in [0.05, 0.1) is 6.42 Å². The molecule has 1 amide bonds. The van der Waals surface area contributed by atoms with E-state index < -0.39 is 0 Å². The van der Waals surface area contributed by atoms with Crippen molar-refractivity contribution >= 4 is 5.91 Å². The van der Waals surface area contributed by atoms with Crippen LogP contribution in [0, 0.1) is 18.3 Å². The minimum atomic E-state index is -0.175. The van der Waals surface area contributed by atoms with Gasteiger partial charge in [-0.15, -0.1) is 0 Å². The Balaban J connectivity index is 1.71. The molecule has 0 bridgehead atoms. The third kappa shape index (κ3) is 1.61. The van der Waals surface area contributed by atoms with Crippen LogP contribution in [0.15, 0.2) is 4.79 Å². The molecule has 2 N–H and O–H groups in total. The Labute approximate surface area is 99.2 Å². The van der Waals surface area contributed by atoms with E-state index in [4.69, 9.17) is 0 Å². The molecule has 2 unspecified atom stereocenters. The number of piperidine rings is 1. The molecule has 2 atom stereocenters. The van der Waals surface area contributed by atoms with Gasteiger partial charge >= 0.3 is 0 Å². The number of aryl methyl sites for hydroxylation is 1. The van der Waals surface area contributed by atoms with Gasteiger partial charge in [-0.2, -0.15) is 0 Å². The van der Waals surface area contributed by atoms with E-state index in [1.807, 2.05) is 11.8 Å². The number of fused-ring (bicyclic) bond motifs is 1. The Kier molecular flexibility index (Phi) is 2.03. The van der Waals surface area contributed by atoms with Crippen LogP contribution in [0.25, 0.3) is 0 Å². The van der Waals surface area contributed by atoms with E-state index in [1.165, 1.54) is 6.42 Å². The third-order valence-electron chi connectivity index (χ3n) is 4.30. The number of H-pyrrole nitrogens is 2. The van der Waals surface area contributed by atoms with E-state index in [-0.39, 0.29) is 17.9 Å². The molecule has 1 aromatic heterocycles. The summed E-state index contributed by atoms with van der Waals surface area (Å²) in [5, 5.41) is 5.26. The normalized spacial score (nSPS) is 30.5. The summed E-state index contributed by atoms with van der Waals surface area (Å²) in [4.78, 5) is 25.5. The van der Waals surface area contributed by atoms with Gasteiger partial charge in [-0.25, -0.2) is 0 Å². The third-order valence-corrected chi connectivity index (χ3v) is 4.30. The summed E-state index contributed by atoms with van der Waals surface area (Å²) in [5.41, 5.74) is 1.53. The highest BCUT2D eigenvalue weighted by atomic mass is 16.2. The van der Waals surface area contributed by atoms with E-state index in [9.17, 15) is 9.59 Å². The fraction of sp³-hybridized carbons (Fsp3) is 0.667. The molecule has 1 saturated heterocycles. The quantitative estimate of drug-likeness (QED) is 0.780. The molecule has 1 aromatic rings. The van der Waals surface area contributed by atoms with Gasteiger partial charge in [-0.05, 0) is 24.7 Å². The number of carbonyl (C=O) groups excluding carboxylic acids is 1. The highest BCUT2D eigenvalue weighted by molar-refractivity contribution is 5.79. The highest BCUT2D eigenvalue weighted by Gasteiger charge is 2.57. The SMILES string of the molecule is Cc1[nH][nH]c(=O)c1CC(=O)N1CC2CC2(C)C1. The summed E-state index contributed by atoms with van der Waals surface area (Å²) in [5.74, 6) is 0.767. The van der Waals surface area contributed by atoms with E-state index >= 15 is 0 Å². The van der Waals surface area contributed by atoms with Crippen molar-refractivity contribution in [3.63, 3.8) is 0 Å². The van der Waals surface area contributed by atoms with Crippen molar-refractivity contribution in [1.82, 2.24) is 15.1 Å². The maximum absolute atomic E-state index is 12.1. The molecule has 0 spiro atoms. The lowest BCUT2D eigenvalue weighted by Crippen LogP contribution is -2.33. The van der Waals surface area contributed by atoms with E-state index in [1.54, 1.807) is 0 Å². The molecular formula is C12H17N3O2. The average Bonchev–Trinajstić information content (AvgIpc) is 2.62. The maximum atomic E-state index is 12.1. The zero-order valence-electron chi connectivity index (χ0n) is 10.2. The van der Waals surface area contributed by atoms with Crippen molar-refractivity contribution < 1.29 is 4.79 Å². The number of nitrogens with one attached hydrogen (secondary N) is 2. The van der Waals surface area contributed by atoms with Crippen LogP contribution in [0.1, 0.15) is 24.6 Å². The molecular weight excluding hydrogens is 218 g/mol. The number of hydrogen-bond donors (Lipinski definition) is 2. The number of aromatic amines is 2. The Morgan fingerprint density at radius 3 is 2.82 bits per heavy atom. The number of nitrogens with zero attached hydrogens (tertiary/aromatic N) is 1. The van der Waals surface area contributed by atoms with Gasteiger partial charge in [0.15, 0.2) is 0 Å². The molecule has 5 nitrogen and oxygen atoms in total. The van der Waals surface area contributed by atoms with E-state index in [0.29, 0.717) is 16.9 Å². The smallest absolute Gasteiger partial charge is 0.267 e. The van der Waals surface area contributed by atoms with Crippen LogP contribution in [-0.2, 0) is 11.2 Å². The average molecular weight is 235 g/mol. The Morgan fingerprint density at radius 2 is 2.29 bits per heavy atom. The monoisotopic (exact) mass is 235 g/mol. The number of carbonyl (C=O) groups is 1. The van der Waals surface area contributed by atoms with Crippen molar-refractivity contribution in [3.05, 3.63) is 21.6 Å². The number of hydrogen-bond acceptors (Lipinski definition) is 2. The van der Waals surface area contributed by atoms with Crippen molar-refractivity contribution in [2.24, 2.45) is 11.3 Å². The van der Waals surface area contributed by atoms with Gasteiger partial charge in [0.2, 0.25) is 5.91 Å². The van der Waals surface area contributed by atoms with Gasteiger partial charge in [0, 0.05) is 24.3 Å². The molecule has 92 valence electrons. The largest absolute Gasteiger partial charge is 0.342 e. The molecule has 2 heterocycles. The summed E-state index contributed by atoms with van der Waals surface area (Å²) >= 11 is 0. The molecule has 17 heavy (non-hydrogen) atoms. The molecule has 2 aliphatic rings. The summed E-state index contributed by atoms with van der Waals surface area (Å²) in [6, 6.07) is 0. The van der Waals surface area contributed by atoms with Crippen molar-refractivity contribution in [3.8, 4) is 0 Å². The van der Waals surface area contributed by atoms with E-state index in [0.717, 1.165) is 18.8 Å². The molecule has 2 fully saturated rings. The van der Waals surface area contributed by atoms with Crippen LogP contribution in [0.4, 0.5) is 0 Å². The maximum Gasteiger partial charge on any atom is 0.267 e. The molecule has 1 aliphatic carbocycles. The standard InChI is InChI=1S/C12H17N3O2/c1-7-9(11(17)14-13-7)3-10(16)15-5-8-4-12(8,2)6-15/h8H,3-6H2,1-2H3,(H2,13,14,17). The predicted octanol–water partition coefficient (Wildman–Crippen LogP) is 0.422. The second kappa shape index (κ2) is 3.24. The summed E-state index contributed by atoms with van der Waals surface area (Å²) < 4.78 is 0. The zero-order chi connectivity index (χ0) is 12.2. The molecule has 1 aliphatic heterocycles. The number of amides is 1. The van der Waals surface area contributed by atoms with Crippen molar-refractivity contribution in [2.45, 2.75) is 26.7 Å². The Hall–Kier alpha value is -1.52. The van der Waals surface area contributed by atoms with Gasteiger partial charge in [0.25, 0.3) is 5.56 Å². The predicted molar refractivity (Wildman–Crippen MR) is 62.6 cm³/mol. The fourth-order valence-corrected chi connectivity index (χ4v) is 2.89. The molecule has 0 aromatic carbocycles. The molecule has 5 heteroatoms. The molecule has 0 radical (unpaired) electrons. The van der Waals surface area contributed by atoms with Crippen LogP contribution < -0.4 is 5.56 Å². The lowest BCUT2D eigenvalue weighted by molar-refractivity contribution is -0.130. The number of rotatable bonds is 2. The first-order valence-electron chi connectivity index (χ1n) is 6.03. The summed E-state index contributed by atoms with van der Waals surface area (Å²) in [7, 11) is 0. The highest BCUT2D eigenvalue weighted by Crippen LogP contribution is 2.57. The van der Waals surface area contributed by atoms with Crippen LogP contribution >= 0.6 is 0 Å². The van der Waals surface area contributed by atoms with Crippen LogP contribution in [0.3, 0.4) is 0 Å². The van der Waals surface area contributed by atoms with Crippen molar-refractivity contribution in [2.75, 3.05) is 13.1 Å². The van der Waals surface area contributed by atoms with Crippen LogP contribution in [0.5, 0.6) is 0 Å². The van der Waals surface area contributed by atoms with E-state index in [2.05, 4.69) is 17.1 Å². The summed E-state index contributed by atoms with van der Waals surface area (Å²) in [6.07, 6.45) is 1.47. The lowest BCUT2D eigenvalue weighted by atomic mass is 10.1. The van der Waals surface area contributed by atoms with Gasteiger partial charge in [0.1, 0.15) is 0 Å². The second-order valence-corrected chi connectivity index (χ2v) is 5.69. The summed E-state index contributed by atoms with van der Waals surface area (Å²) in [6.45, 7) is 5.77. The minimum absolute atomic E-state index is 0.0756.